The fourth-order valence-corrected chi connectivity index (χ4v) is 1.60. The normalized spacial score (nSPS) is 12.4. The monoisotopic (exact) mass is 277 g/mol. The number of rotatable bonds is 6. The van der Waals surface area contributed by atoms with Gasteiger partial charge in [0.1, 0.15) is 11.8 Å². The van der Waals surface area contributed by atoms with Crippen molar-refractivity contribution < 1.29 is 19.4 Å². The molecule has 5 heteroatoms. The van der Waals surface area contributed by atoms with Crippen LogP contribution in [0.5, 0.6) is 5.75 Å². The van der Waals surface area contributed by atoms with Crippen molar-refractivity contribution in [3.05, 3.63) is 35.9 Å². The SMILES string of the molecule is COc1ccc(/C=C\C(=O)N[C@H](C(=O)O)C(C)C)cc1. The van der Waals surface area contributed by atoms with Crippen LogP contribution in [0.25, 0.3) is 6.08 Å². The second-order valence-corrected chi connectivity index (χ2v) is 4.68. The molecule has 0 bridgehead atoms. The lowest BCUT2D eigenvalue weighted by Gasteiger charge is -2.16. The van der Waals surface area contributed by atoms with Crippen molar-refractivity contribution in [1.29, 1.82) is 0 Å². The van der Waals surface area contributed by atoms with E-state index in [1.807, 2.05) is 0 Å². The van der Waals surface area contributed by atoms with Gasteiger partial charge in [-0.05, 0) is 29.7 Å². The van der Waals surface area contributed by atoms with Gasteiger partial charge >= 0.3 is 5.97 Å². The molecule has 108 valence electrons. The highest BCUT2D eigenvalue weighted by Crippen LogP contribution is 2.12. The number of aliphatic carboxylic acids is 1. The van der Waals surface area contributed by atoms with E-state index in [-0.39, 0.29) is 5.92 Å². The van der Waals surface area contributed by atoms with Crippen LogP contribution in [0.1, 0.15) is 19.4 Å². The average Bonchev–Trinajstić information content (AvgIpc) is 2.42. The zero-order chi connectivity index (χ0) is 15.1. The first-order chi connectivity index (χ1) is 9.43. The third-order valence-electron chi connectivity index (χ3n) is 2.77. The Morgan fingerprint density at radius 1 is 1.25 bits per heavy atom. The van der Waals surface area contributed by atoms with Crippen molar-refractivity contribution in [2.24, 2.45) is 5.92 Å². The summed E-state index contributed by atoms with van der Waals surface area (Å²) in [5, 5.41) is 11.4. The molecule has 0 radical (unpaired) electrons. The summed E-state index contributed by atoms with van der Waals surface area (Å²) in [5.41, 5.74) is 0.831. The number of ether oxygens (including phenoxy) is 1. The van der Waals surface area contributed by atoms with E-state index in [1.54, 1.807) is 51.3 Å². The molecular formula is C15H19NO4. The molecule has 1 rings (SSSR count). The predicted octanol–water partition coefficient (Wildman–Crippen LogP) is 1.93. The van der Waals surface area contributed by atoms with Gasteiger partial charge in [0.15, 0.2) is 0 Å². The van der Waals surface area contributed by atoms with E-state index in [9.17, 15) is 9.59 Å². The topological polar surface area (TPSA) is 75.6 Å². The van der Waals surface area contributed by atoms with Crippen LogP contribution in [0.4, 0.5) is 0 Å². The first kappa shape index (κ1) is 15.8. The Bertz CT molecular complexity index is 491. The molecule has 0 saturated heterocycles. The van der Waals surface area contributed by atoms with E-state index < -0.39 is 17.9 Å². The molecule has 0 heterocycles. The lowest BCUT2D eigenvalue weighted by atomic mass is 10.0. The van der Waals surface area contributed by atoms with Gasteiger partial charge < -0.3 is 15.2 Å². The molecule has 0 aliphatic carbocycles. The second-order valence-electron chi connectivity index (χ2n) is 4.68. The highest BCUT2D eigenvalue weighted by molar-refractivity contribution is 5.94. The van der Waals surface area contributed by atoms with Crippen molar-refractivity contribution >= 4 is 18.0 Å². The Hall–Kier alpha value is -2.30. The number of nitrogens with one attached hydrogen (secondary N) is 1. The van der Waals surface area contributed by atoms with Crippen LogP contribution in [0, 0.1) is 5.92 Å². The molecule has 0 aliphatic heterocycles. The van der Waals surface area contributed by atoms with E-state index in [4.69, 9.17) is 9.84 Å². The Balaban J connectivity index is 2.64. The Kier molecular flexibility index (Phi) is 5.77. The second kappa shape index (κ2) is 7.33. The number of benzene rings is 1. The van der Waals surface area contributed by atoms with Crippen LogP contribution in [0.15, 0.2) is 30.3 Å². The molecule has 1 aromatic rings. The number of carboxylic acid groups (broad SMARTS) is 1. The number of amides is 1. The number of carbonyl (C=O) groups is 2. The summed E-state index contributed by atoms with van der Waals surface area (Å²) in [6.45, 7) is 3.48. The van der Waals surface area contributed by atoms with Crippen LogP contribution in [0.2, 0.25) is 0 Å². The van der Waals surface area contributed by atoms with Gasteiger partial charge in [0.25, 0.3) is 0 Å². The minimum atomic E-state index is -1.04. The molecule has 5 nitrogen and oxygen atoms in total. The third kappa shape index (κ3) is 4.76. The lowest BCUT2D eigenvalue weighted by molar-refractivity contribution is -0.142. The molecule has 0 unspecified atom stereocenters. The van der Waals surface area contributed by atoms with Crippen LogP contribution >= 0.6 is 0 Å². The smallest absolute Gasteiger partial charge is 0.326 e. The molecule has 0 aromatic heterocycles. The number of hydrogen-bond donors (Lipinski definition) is 2. The standard InChI is InChI=1S/C15H19NO4/c1-10(2)14(15(18)19)16-13(17)9-6-11-4-7-12(20-3)8-5-11/h4-10,14H,1-3H3,(H,16,17)(H,18,19)/b9-6-/t14-/m0/s1. The highest BCUT2D eigenvalue weighted by Gasteiger charge is 2.22. The van der Waals surface area contributed by atoms with Crippen LogP contribution in [0.3, 0.4) is 0 Å². The molecule has 2 N–H and O–H groups in total. The number of hydrogen-bond acceptors (Lipinski definition) is 3. The summed E-state index contributed by atoms with van der Waals surface area (Å²) in [5.74, 6) is -0.906. The van der Waals surface area contributed by atoms with Crippen LogP contribution in [-0.4, -0.2) is 30.1 Å². The molecule has 1 amide bonds. The molecule has 1 atom stereocenters. The molecule has 0 saturated carbocycles. The van der Waals surface area contributed by atoms with Gasteiger partial charge in [-0.25, -0.2) is 4.79 Å². The number of carbonyl (C=O) groups excluding carboxylic acids is 1. The Labute approximate surface area is 118 Å². The molecule has 0 spiro atoms. The summed E-state index contributed by atoms with van der Waals surface area (Å²) < 4.78 is 5.03. The summed E-state index contributed by atoms with van der Waals surface area (Å²) in [6.07, 6.45) is 2.94. The van der Waals surface area contributed by atoms with E-state index >= 15 is 0 Å². The van der Waals surface area contributed by atoms with Gasteiger partial charge in [-0.2, -0.15) is 0 Å². The molecule has 1 aromatic carbocycles. The van der Waals surface area contributed by atoms with Crippen molar-refractivity contribution in [3.8, 4) is 5.75 Å². The van der Waals surface area contributed by atoms with Gasteiger partial charge in [0, 0.05) is 6.08 Å². The largest absolute Gasteiger partial charge is 0.497 e. The summed E-state index contributed by atoms with van der Waals surface area (Å²) >= 11 is 0. The number of carboxylic acids is 1. The minimum absolute atomic E-state index is 0.175. The maximum absolute atomic E-state index is 11.7. The van der Waals surface area contributed by atoms with Gasteiger partial charge in [-0.15, -0.1) is 0 Å². The van der Waals surface area contributed by atoms with Crippen LogP contribution < -0.4 is 10.1 Å². The van der Waals surface area contributed by atoms with E-state index in [0.29, 0.717) is 0 Å². The van der Waals surface area contributed by atoms with Gasteiger partial charge in [-0.3, -0.25) is 4.79 Å². The lowest BCUT2D eigenvalue weighted by Crippen LogP contribution is -2.43. The maximum atomic E-state index is 11.7. The van der Waals surface area contributed by atoms with Gasteiger partial charge in [0.05, 0.1) is 7.11 Å². The van der Waals surface area contributed by atoms with E-state index in [1.165, 1.54) is 6.08 Å². The van der Waals surface area contributed by atoms with Crippen molar-refractivity contribution in [2.45, 2.75) is 19.9 Å². The third-order valence-corrected chi connectivity index (χ3v) is 2.77. The van der Waals surface area contributed by atoms with Crippen molar-refractivity contribution in [3.63, 3.8) is 0 Å². The first-order valence-corrected chi connectivity index (χ1v) is 6.29. The van der Waals surface area contributed by atoms with Crippen LogP contribution in [-0.2, 0) is 9.59 Å². The molecule has 0 fully saturated rings. The van der Waals surface area contributed by atoms with Gasteiger partial charge in [-0.1, -0.05) is 26.0 Å². The fourth-order valence-electron chi connectivity index (χ4n) is 1.60. The predicted molar refractivity (Wildman–Crippen MR) is 76.4 cm³/mol. The minimum Gasteiger partial charge on any atom is -0.497 e. The highest BCUT2D eigenvalue weighted by atomic mass is 16.5. The zero-order valence-electron chi connectivity index (χ0n) is 11.8. The average molecular weight is 277 g/mol. The van der Waals surface area contributed by atoms with Crippen molar-refractivity contribution in [1.82, 2.24) is 5.32 Å². The summed E-state index contributed by atoms with van der Waals surface area (Å²) in [7, 11) is 1.58. The first-order valence-electron chi connectivity index (χ1n) is 6.29. The molecular weight excluding hydrogens is 258 g/mol. The van der Waals surface area contributed by atoms with E-state index in [2.05, 4.69) is 5.32 Å². The Morgan fingerprint density at radius 2 is 1.85 bits per heavy atom. The quantitative estimate of drug-likeness (QED) is 0.779. The molecule has 0 aliphatic rings. The summed E-state index contributed by atoms with van der Waals surface area (Å²) in [6, 6.07) is 6.29. The van der Waals surface area contributed by atoms with E-state index in [0.717, 1.165) is 11.3 Å². The van der Waals surface area contributed by atoms with Gasteiger partial charge in [0.2, 0.25) is 5.91 Å². The van der Waals surface area contributed by atoms with Crippen molar-refractivity contribution in [2.75, 3.05) is 7.11 Å². The number of methoxy groups -OCH3 is 1. The zero-order valence-corrected chi connectivity index (χ0v) is 11.8. The Morgan fingerprint density at radius 3 is 2.30 bits per heavy atom. The summed E-state index contributed by atoms with van der Waals surface area (Å²) in [4.78, 5) is 22.6. The fraction of sp³-hybridized carbons (Fsp3) is 0.333. The molecule has 20 heavy (non-hydrogen) atoms. The maximum Gasteiger partial charge on any atom is 0.326 e.